The van der Waals surface area contributed by atoms with Crippen molar-refractivity contribution in [2.24, 2.45) is 0 Å². The van der Waals surface area contributed by atoms with Crippen molar-refractivity contribution in [2.75, 3.05) is 0 Å². The van der Waals surface area contributed by atoms with E-state index < -0.39 is 0 Å². The average molecular weight is 206 g/mol. The second kappa shape index (κ2) is 5.29. The van der Waals surface area contributed by atoms with Gasteiger partial charge >= 0.3 is 0 Å². The number of rotatable bonds is 3. The Morgan fingerprint density at radius 3 is 2.60 bits per heavy atom. The normalized spacial score (nSPS) is 26.5. The molecule has 3 N–H and O–H groups in total. The Bertz CT molecular complexity index is 286. The van der Waals surface area contributed by atoms with Gasteiger partial charge in [-0.25, -0.2) is 0 Å². The van der Waals surface area contributed by atoms with E-state index in [1.807, 2.05) is 6.07 Å². The van der Waals surface area contributed by atoms with Crippen molar-refractivity contribution in [2.45, 2.75) is 44.4 Å². The molecule has 15 heavy (non-hydrogen) atoms. The van der Waals surface area contributed by atoms with Crippen molar-refractivity contribution in [3.05, 3.63) is 35.9 Å². The predicted molar refractivity (Wildman–Crippen MR) is 60.3 cm³/mol. The number of aliphatic hydroxyl groups excluding tert-OH is 1. The molecule has 0 bridgehead atoms. The molecule has 1 aromatic rings. The van der Waals surface area contributed by atoms with Gasteiger partial charge in [-0.3, -0.25) is 0 Å². The maximum absolute atomic E-state index is 9.82. The Morgan fingerprint density at radius 2 is 1.87 bits per heavy atom. The first kappa shape index (κ1) is 10.7. The lowest BCUT2D eigenvalue weighted by atomic mass is 9.92. The predicted octanol–water partition coefficient (Wildman–Crippen LogP) is 1.05. The zero-order chi connectivity index (χ0) is 10.5. The van der Waals surface area contributed by atoms with Crippen LogP contribution in [0, 0.1) is 0 Å². The third kappa shape index (κ3) is 3.05. The van der Waals surface area contributed by atoms with Crippen LogP contribution in [0.1, 0.15) is 31.2 Å². The number of nitrogens with two attached hydrogens (primary N) is 1. The number of hydrogen-bond acceptors (Lipinski definition) is 1. The number of quaternary nitrogens is 1. The highest BCUT2D eigenvalue weighted by Crippen LogP contribution is 2.15. The summed E-state index contributed by atoms with van der Waals surface area (Å²) in [5, 5.41) is 12.1. The molecule has 0 radical (unpaired) electrons. The summed E-state index contributed by atoms with van der Waals surface area (Å²) < 4.78 is 0. The van der Waals surface area contributed by atoms with Crippen molar-refractivity contribution in [3.8, 4) is 0 Å². The van der Waals surface area contributed by atoms with Gasteiger partial charge < -0.3 is 10.4 Å². The van der Waals surface area contributed by atoms with Crippen LogP contribution >= 0.6 is 0 Å². The molecule has 0 aromatic heterocycles. The second-order valence-corrected chi connectivity index (χ2v) is 4.44. The van der Waals surface area contributed by atoms with Crippen LogP contribution in [0.3, 0.4) is 0 Å². The summed E-state index contributed by atoms with van der Waals surface area (Å²) in [6.45, 7) is 0.989. The Hall–Kier alpha value is -0.860. The van der Waals surface area contributed by atoms with E-state index in [4.69, 9.17) is 0 Å². The number of aliphatic hydroxyl groups is 1. The van der Waals surface area contributed by atoms with Crippen LogP contribution in [-0.4, -0.2) is 17.3 Å². The molecule has 82 valence electrons. The molecule has 2 atom stereocenters. The van der Waals surface area contributed by atoms with Gasteiger partial charge in [-0.05, 0) is 12.8 Å². The lowest BCUT2D eigenvalue weighted by molar-refractivity contribution is -0.713. The fraction of sp³-hybridized carbons (Fsp3) is 0.538. The van der Waals surface area contributed by atoms with Crippen LogP contribution < -0.4 is 5.32 Å². The summed E-state index contributed by atoms with van der Waals surface area (Å²) >= 11 is 0. The van der Waals surface area contributed by atoms with Crippen LogP contribution in [0.5, 0.6) is 0 Å². The van der Waals surface area contributed by atoms with E-state index in [0.29, 0.717) is 6.04 Å². The van der Waals surface area contributed by atoms with Gasteiger partial charge in [0.25, 0.3) is 0 Å². The van der Waals surface area contributed by atoms with Crippen LogP contribution in [0.25, 0.3) is 0 Å². The SMILES string of the molecule is O[C@H]1CCCC[C@@H]1[NH2+]Cc1ccccc1. The molecule has 1 aliphatic carbocycles. The van der Waals surface area contributed by atoms with Crippen molar-refractivity contribution in [1.29, 1.82) is 0 Å². The summed E-state index contributed by atoms with van der Waals surface area (Å²) in [6.07, 6.45) is 4.51. The zero-order valence-corrected chi connectivity index (χ0v) is 9.10. The van der Waals surface area contributed by atoms with E-state index in [1.54, 1.807) is 0 Å². The maximum atomic E-state index is 9.82. The number of benzene rings is 1. The van der Waals surface area contributed by atoms with Gasteiger partial charge in [-0.1, -0.05) is 36.8 Å². The molecule has 0 aliphatic heterocycles. The second-order valence-electron chi connectivity index (χ2n) is 4.44. The first-order chi connectivity index (χ1) is 7.36. The first-order valence-corrected chi connectivity index (χ1v) is 5.91. The molecule has 1 fully saturated rings. The summed E-state index contributed by atoms with van der Waals surface area (Å²) in [5.41, 5.74) is 1.34. The van der Waals surface area contributed by atoms with Crippen molar-refractivity contribution >= 4 is 0 Å². The van der Waals surface area contributed by atoms with Gasteiger partial charge in [-0.15, -0.1) is 0 Å². The largest absolute Gasteiger partial charge is 0.387 e. The van der Waals surface area contributed by atoms with E-state index in [2.05, 4.69) is 29.6 Å². The maximum Gasteiger partial charge on any atom is 0.112 e. The van der Waals surface area contributed by atoms with E-state index in [1.165, 1.54) is 18.4 Å². The Kier molecular flexibility index (Phi) is 3.75. The Balaban J connectivity index is 1.82. The van der Waals surface area contributed by atoms with Crippen molar-refractivity contribution in [1.82, 2.24) is 0 Å². The molecule has 2 nitrogen and oxygen atoms in total. The van der Waals surface area contributed by atoms with E-state index in [9.17, 15) is 5.11 Å². The third-order valence-corrected chi connectivity index (χ3v) is 3.28. The quantitative estimate of drug-likeness (QED) is 0.762. The third-order valence-electron chi connectivity index (χ3n) is 3.28. The molecule has 0 saturated heterocycles. The Morgan fingerprint density at radius 1 is 1.13 bits per heavy atom. The molecule has 0 unspecified atom stereocenters. The standard InChI is InChI=1S/C13H19NO/c15-13-9-5-4-8-12(13)14-10-11-6-2-1-3-7-11/h1-3,6-7,12-15H,4-5,8-10H2/p+1/t12-,13-/m0/s1. The fourth-order valence-electron chi connectivity index (χ4n) is 2.32. The van der Waals surface area contributed by atoms with Gasteiger partial charge in [0, 0.05) is 12.0 Å². The lowest BCUT2D eigenvalue weighted by Crippen LogP contribution is -2.91. The minimum atomic E-state index is -0.0949. The summed E-state index contributed by atoms with van der Waals surface area (Å²) in [4.78, 5) is 0. The van der Waals surface area contributed by atoms with Gasteiger partial charge in [0.1, 0.15) is 18.7 Å². The number of hydrogen-bond donors (Lipinski definition) is 2. The van der Waals surface area contributed by atoms with Crippen molar-refractivity contribution in [3.63, 3.8) is 0 Å². The molecule has 0 spiro atoms. The summed E-state index contributed by atoms with van der Waals surface area (Å²) in [5.74, 6) is 0. The molecule has 2 rings (SSSR count). The van der Waals surface area contributed by atoms with E-state index >= 15 is 0 Å². The molecule has 1 saturated carbocycles. The van der Waals surface area contributed by atoms with Gasteiger partial charge in [-0.2, -0.15) is 0 Å². The Labute approximate surface area is 91.3 Å². The van der Waals surface area contributed by atoms with E-state index in [-0.39, 0.29) is 6.10 Å². The van der Waals surface area contributed by atoms with Gasteiger partial charge in [0.15, 0.2) is 0 Å². The highest BCUT2D eigenvalue weighted by molar-refractivity contribution is 5.13. The topological polar surface area (TPSA) is 36.8 Å². The molecular formula is C13H20NO+. The van der Waals surface area contributed by atoms with Crippen LogP contribution in [0.2, 0.25) is 0 Å². The monoisotopic (exact) mass is 206 g/mol. The lowest BCUT2D eigenvalue weighted by Gasteiger charge is -2.25. The van der Waals surface area contributed by atoms with E-state index in [0.717, 1.165) is 19.4 Å². The highest BCUT2D eigenvalue weighted by atomic mass is 16.3. The minimum Gasteiger partial charge on any atom is -0.387 e. The molecule has 0 amide bonds. The van der Waals surface area contributed by atoms with Crippen molar-refractivity contribution < 1.29 is 10.4 Å². The molecular weight excluding hydrogens is 186 g/mol. The van der Waals surface area contributed by atoms with Gasteiger partial charge in [0.2, 0.25) is 0 Å². The van der Waals surface area contributed by atoms with Crippen LogP contribution in [0.4, 0.5) is 0 Å². The minimum absolute atomic E-state index is 0.0949. The average Bonchev–Trinajstić information content (AvgIpc) is 2.29. The molecule has 2 heteroatoms. The molecule has 0 heterocycles. The van der Waals surface area contributed by atoms with Gasteiger partial charge in [0.05, 0.1) is 0 Å². The summed E-state index contributed by atoms with van der Waals surface area (Å²) in [6, 6.07) is 10.9. The highest BCUT2D eigenvalue weighted by Gasteiger charge is 2.25. The van der Waals surface area contributed by atoms with Crippen LogP contribution in [-0.2, 0) is 6.54 Å². The first-order valence-electron chi connectivity index (χ1n) is 5.91. The molecule has 1 aromatic carbocycles. The molecule has 1 aliphatic rings. The zero-order valence-electron chi connectivity index (χ0n) is 9.10. The summed E-state index contributed by atoms with van der Waals surface area (Å²) in [7, 11) is 0. The van der Waals surface area contributed by atoms with Crippen LogP contribution in [0.15, 0.2) is 30.3 Å². The fourth-order valence-corrected chi connectivity index (χ4v) is 2.32. The smallest absolute Gasteiger partial charge is 0.112 e.